The quantitative estimate of drug-likeness (QED) is 0.195. The summed E-state index contributed by atoms with van der Waals surface area (Å²) in [4.78, 5) is 23.2. The molecule has 8 rings (SSSR count). The molecule has 4 atom stereocenters. The molecule has 11 heteroatoms. The van der Waals surface area contributed by atoms with E-state index in [9.17, 15) is 9.90 Å². The molecule has 0 spiro atoms. The van der Waals surface area contributed by atoms with Gasteiger partial charge >= 0.3 is 5.97 Å². The van der Waals surface area contributed by atoms with E-state index < -0.39 is 17.7 Å². The predicted octanol–water partition coefficient (Wildman–Crippen LogP) is 8.80. The Bertz CT molecular complexity index is 2190. The second kappa shape index (κ2) is 13.9. The highest BCUT2D eigenvalue weighted by Crippen LogP contribution is 2.48. The number of nitrogens with zero attached hydrogens (tertiary/aromatic N) is 5. The zero-order valence-corrected chi connectivity index (χ0v) is 32.8. The molecule has 0 saturated carbocycles. The summed E-state index contributed by atoms with van der Waals surface area (Å²) in [6, 6.07) is 12.9. The predicted molar refractivity (Wildman–Crippen MR) is 211 cm³/mol. The van der Waals surface area contributed by atoms with Gasteiger partial charge in [0.2, 0.25) is 0 Å². The molecule has 5 heterocycles. The average molecular weight is 738 g/mol. The summed E-state index contributed by atoms with van der Waals surface area (Å²) in [5, 5.41) is 17.3. The van der Waals surface area contributed by atoms with Crippen molar-refractivity contribution in [2.24, 2.45) is 7.05 Å². The summed E-state index contributed by atoms with van der Waals surface area (Å²) in [5.74, 6) is 1.19. The lowest BCUT2D eigenvalue weighted by atomic mass is 9.85. The van der Waals surface area contributed by atoms with Gasteiger partial charge in [0.15, 0.2) is 11.2 Å². The van der Waals surface area contributed by atoms with Crippen molar-refractivity contribution in [2.75, 3.05) is 38.2 Å². The van der Waals surface area contributed by atoms with Crippen LogP contribution in [0.2, 0.25) is 0 Å². The fourth-order valence-electron chi connectivity index (χ4n) is 8.55. The van der Waals surface area contributed by atoms with Crippen LogP contribution in [0.1, 0.15) is 100 Å². The molecule has 2 unspecified atom stereocenters. The lowest BCUT2D eigenvalue weighted by molar-refractivity contribution is -0.160. The number of hydrogen-bond acceptors (Lipinski definition) is 9. The highest BCUT2D eigenvalue weighted by Gasteiger charge is 2.35. The molecule has 6 bridgehead atoms. The third-order valence-corrected chi connectivity index (χ3v) is 12.4. The van der Waals surface area contributed by atoms with Crippen LogP contribution in [0.4, 0.5) is 5.13 Å². The van der Waals surface area contributed by atoms with Crippen molar-refractivity contribution < 1.29 is 24.1 Å². The molecular formula is C42H51N5O5S. The van der Waals surface area contributed by atoms with Crippen LogP contribution in [0.25, 0.3) is 32.2 Å². The summed E-state index contributed by atoms with van der Waals surface area (Å²) in [5.41, 5.74) is 7.02. The minimum absolute atomic E-state index is 0.0424. The molecule has 3 aliphatic rings. The molecule has 0 radical (unpaired) electrons. The second-order valence-corrected chi connectivity index (χ2v) is 17.2. The van der Waals surface area contributed by atoms with Crippen LogP contribution < -0.4 is 14.4 Å². The van der Waals surface area contributed by atoms with Crippen LogP contribution in [0.5, 0.6) is 11.5 Å². The van der Waals surface area contributed by atoms with Crippen molar-refractivity contribution in [2.45, 2.75) is 96.5 Å². The Balaban J connectivity index is 1.33. The average Bonchev–Trinajstić information content (AvgIpc) is 3.71. The van der Waals surface area contributed by atoms with Gasteiger partial charge in [-0.3, -0.25) is 9.58 Å². The van der Waals surface area contributed by atoms with Crippen LogP contribution in [0.15, 0.2) is 42.6 Å². The number of rotatable bonds is 3. The van der Waals surface area contributed by atoms with Gasteiger partial charge in [0.05, 0.1) is 51.7 Å². The van der Waals surface area contributed by atoms with E-state index in [1.807, 2.05) is 51.7 Å². The summed E-state index contributed by atoms with van der Waals surface area (Å²) >= 11 is 1.64. The molecule has 5 aromatic rings. The number of carbonyl (C=O) groups is 1. The first-order valence-electron chi connectivity index (χ1n) is 19.0. The minimum atomic E-state index is -1.15. The maximum Gasteiger partial charge on any atom is 0.337 e. The van der Waals surface area contributed by atoms with E-state index >= 15 is 0 Å². The molecule has 280 valence electrons. The first-order chi connectivity index (χ1) is 25.4. The molecule has 1 fully saturated rings. The first kappa shape index (κ1) is 35.8. The molecule has 1 saturated heterocycles. The van der Waals surface area contributed by atoms with Gasteiger partial charge in [0.25, 0.3) is 0 Å². The van der Waals surface area contributed by atoms with Crippen molar-refractivity contribution in [3.63, 3.8) is 0 Å². The van der Waals surface area contributed by atoms with Gasteiger partial charge in [-0.05, 0) is 114 Å². The summed E-state index contributed by atoms with van der Waals surface area (Å²) in [6.07, 6.45) is 5.91. The number of carboxylic acids is 1. The van der Waals surface area contributed by atoms with Crippen molar-refractivity contribution in [1.82, 2.24) is 19.7 Å². The summed E-state index contributed by atoms with van der Waals surface area (Å²) < 4.78 is 22.4. The maximum atomic E-state index is 13.1. The second-order valence-electron chi connectivity index (χ2n) is 16.2. The standard InChI is InChI=1S/C42H51N5O5S/c1-24-20-31-39-36(35(24)38(40(48)49)52-42(3,4)5)27-12-15-34-29(21-27)26(16-19-50-34)11-9-8-10-25(2)51-37-28(13-14-32-30(37)22-43-46(32)7)33-23-47(18-17-45(33)6)41(44-31)53-39/h12-15,20-22,25-26,33,38H,8-11,16-19,23H2,1-7H3,(H,48,49)/t25-,26?,33?,38-/m0/s1. The maximum absolute atomic E-state index is 13.1. The smallest absolute Gasteiger partial charge is 0.337 e. The van der Waals surface area contributed by atoms with Crippen LogP contribution in [0.3, 0.4) is 0 Å². The Kier molecular flexibility index (Phi) is 9.40. The minimum Gasteiger partial charge on any atom is -0.493 e. The van der Waals surface area contributed by atoms with E-state index in [0.29, 0.717) is 18.1 Å². The Morgan fingerprint density at radius 3 is 2.66 bits per heavy atom. The van der Waals surface area contributed by atoms with E-state index in [-0.39, 0.29) is 12.1 Å². The van der Waals surface area contributed by atoms with Gasteiger partial charge in [0.1, 0.15) is 11.5 Å². The fraction of sp³-hybridized carbons (Fsp3) is 0.500. The Labute approximate surface area is 315 Å². The highest BCUT2D eigenvalue weighted by atomic mass is 32.1. The van der Waals surface area contributed by atoms with Crippen LogP contribution in [0, 0.1) is 6.92 Å². The number of anilines is 1. The van der Waals surface area contributed by atoms with E-state index in [1.54, 1.807) is 11.3 Å². The van der Waals surface area contributed by atoms with Crippen molar-refractivity contribution in [3.8, 4) is 22.6 Å². The molecule has 2 aromatic heterocycles. The summed E-state index contributed by atoms with van der Waals surface area (Å²) in [6.45, 7) is 13.0. The van der Waals surface area contributed by atoms with E-state index in [4.69, 9.17) is 19.2 Å². The Morgan fingerprint density at radius 1 is 1.06 bits per heavy atom. The molecular weight excluding hydrogens is 687 g/mol. The molecule has 3 aromatic carbocycles. The van der Waals surface area contributed by atoms with E-state index in [2.05, 4.69) is 59.2 Å². The van der Waals surface area contributed by atoms with Crippen LogP contribution in [-0.2, 0) is 16.6 Å². The number of hydrogen-bond donors (Lipinski definition) is 1. The lowest BCUT2D eigenvalue weighted by Gasteiger charge is -2.40. The number of thiazole rings is 1. The third kappa shape index (κ3) is 6.76. The lowest BCUT2D eigenvalue weighted by Crippen LogP contribution is -2.46. The van der Waals surface area contributed by atoms with Crippen molar-refractivity contribution in [1.29, 1.82) is 0 Å². The first-order valence-corrected chi connectivity index (χ1v) is 19.9. The van der Waals surface area contributed by atoms with E-state index in [0.717, 1.165) is 112 Å². The summed E-state index contributed by atoms with van der Waals surface area (Å²) in [7, 11) is 4.18. The highest BCUT2D eigenvalue weighted by molar-refractivity contribution is 7.22. The topological polar surface area (TPSA) is 102 Å². The molecule has 3 aliphatic heterocycles. The number of aromatic nitrogens is 3. The van der Waals surface area contributed by atoms with Crippen LogP contribution >= 0.6 is 11.3 Å². The van der Waals surface area contributed by atoms with Gasteiger partial charge in [0, 0.05) is 43.4 Å². The number of likely N-dealkylation sites (N-methyl/N-ethyl adjacent to an activating group) is 1. The normalized spacial score (nSPS) is 21.7. The SMILES string of the molecule is Cc1cc2nc3sc2c(c1[C@H](OC(C)(C)C)C(=O)O)-c1ccc2c(c1)C(CCCC[C@H](C)Oc1c(ccc4c1cnn4C)C1CN3CCN1C)CCO2. The molecule has 53 heavy (non-hydrogen) atoms. The number of benzene rings is 3. The zero-order valence-electron chi connectivity index (χ0n) is 31.9. The number of aliphatic carboxylic acids is 1. The monoisotopic (exact) mass is 737 g/mol. The number of carboxylic acid groups (broad SMARTS) is 1. The fourth-order valence-corrected chi connectivity index (χ4v) is 9.71. The number of aryl methyl sites for hydroxylation is 2. The van der Waals surface area contributed by atoms with Crippen molar-refractivity contribution in [3.05, 3.63) is 64.8 Å². The zero-order chi connectivity index (χ0) is 37.2. The van der Waals surface area contributed by atoms with Gasteiger partial charge < -0.3 is 24.2 Å². The van der Waals surface area contributed by atoms with Gasteiger partial charge in [-0.25, -0.2) is 9.78 Å². The number of ether oxygens (including phenoxy) is 3. The van der Waals surface area contributed by atoms with Gasteiger partial charge in [-0.2, -0.15) is 5.10 Å². The van der Waals surface area contributed by atoms with E-state index in [1.165, 1.54) is 5.56 Å². The Hall–Kier alpha value is -4.19. The van der Waals surface area contributed by atoms with Crippen molar-refractivity contribution >= 4 is 43.6 Å². The number of fused-ring (bicyclic) bond motifs is 10. The largest absolute Gasteiger partial charge is 0.493 e. The molecule has 0 aliphatic carbocycles. The molecule has 0 amide bonds. The van der Waals surface area contributed by atoms with Gasteiger partial charge in [-0.1, -0.05) is 29.9 Å². The van der Waals surface area contributed by atoms with Gasteiger partial charge in [-0.15, -0.1) is 0 Å². The molecule has 10 nitrogen and oxygen atoms in total. The third-order valence-electron chi connectivity index (χ3n) is 11.3. The molecule has 1 N–H and O–H groups in total. The Morgan fingerprint density at radius 2 is 1.87 bits per heavy atom. The van der Waals surface area contributed by atoms with Crippen LogP contribution in [-0.4, -0.2) is 75.7 Å². The number of piperazine rings is 1.